The van der Waals surface area contributed by atoms with Crippen LogP contribution in [0.4, 0.5) is 0 Å². The van der Waals surface area contributed by atoms with Gasteiger partial charge in [-0.25, -0.2) is 0 Å². The van der Waals surface area contributed by atoms with Crippen molar-refractivity contribution >= 4 is 50.7 Å². The molecule has 1 aliphatic heterocycles. The van der Waals surface area contributed by atoms with Gasteiger partial charge in [-0.1, -0.05) is 47.5 Å². The molecule has 1 heterocycles. The van der Waals surface area contributed by atoms with Crippen LogP contribution in [0.15, 0.2) is 34.2 Å². The van der Waals surface area contributed by atoms with Gasteiger partial charge in [0.25, 0.3) is 0 Å². The third-order valence-electron chi connectivity index (χ3n) is 2.45. The predicted octanol–water partition coefficient (Wildman–Crippen LogP) is 3.83. The second-order valence-corrected chi connectivity index (χ2v) is 5.01. The summed E-state index contributed by atoms with van der Waals surface area (Å²) >= 11 is 13.3. The smallest absolute Gasteiger partial charge is 0.236 e. The van der Waals surface area contributed by atoms with Gasteiger partial charge in [0.05, 0.1) is 5.03 Å². The van der Waals surface area contributed by atoms with Gasteiger partial charge >= 0.3 is 0 Å². The van der Waals surface area contributed by atoms with E-state index < -0.39 is 0 Å². The highest BCUT2D eigenvalue weighted by Gasteiger charge is 2.36. The number of benzene rings is 1. The summed E-state index contributed by atoms with van der Waals surface area (Å²) in [6, 6.07) is 7.70. The molecule has 0 amide bonds. The van der Waals surface area contributed by atoms with Gasteiger partial charge < -0.3 is 0 Å². The molecule has 0 saturated heterocycles. The van der Waals surface area contributed by atoms with Crippen LogP contribution >= 0.6 is 35.0 Å². The monoisotopic (exact) mass is 254 g/mol. The maximum Gasteiger partial charge on any atom is 0.236 e. The maximum atomic E-state index is 11.4. The lowest BCUT2D eigenvalue weighted by Crippen LogP contribution is -1.86. The van der Waals surface area contributed by atoms with Gasteiger partial charge in [0.15, 0.2) is 0 Å². The lowest BCUT2D eigenvalue weighted by atomic mass is 10.1. The van der Waals surface area contributed by atoms with E-state index in [9.17, 15) is 4.79 Å². The van der Waals surface area contributed by atoms with E-state index in [-0.39, 0.29) is 10.1 Å². The summed E-state index contributed by atoms with van der Waals surface area (Å²) in [6.45, 7) is 0. The number of fused-ring (bicyclic) bond motifs is 3. The van der Waals surface area contributed by atoms with E-state index in [1.807, 2.05) is 24.3 Å². The normalized spacial score (nSPS) is 18.7. The predicted molar refractivity (Wildman–Crippen MR) is 64.6 cm³/mol. The Kier molecular flexibility index (Phi) is 2.00. The molecule has 0 radical (unpaired) electrons. The first-order valence-electron chi connectivity index (χ1n) is 4.32. The third-order valence-corrected chi connectivity index (χ3v) is 4.43. The minimum Gasteiger partial charge on any atom is -0.280 e. The lowest BCUT2D eigenvalue weighted by Gasteiger charge is -1.99. The van der Waals surface area contributed by atoms with Crippen molar-refractivity contribution in [2.75, 3.05) is 0 Å². The topological polar surface area (TPSA) is 17.1 Å². The van der Waals surface area contributed by atoms with Gasteiger partial charge in [0.1, 0.15) is 5.03 Å². The number of rotatable bonds is 0. The van der Waals surface area contributed by atoms with Crippen molar-refractivity contribution < 1.29 is 4.79 Å². The summed E-state index contributed by atoms with van der Waals surface area (Å²) in [7, 11) is 0. The molecule has 2 aliphatic rings. The van der Waals surface area contributed by atoms with Gasteiger partial charge in [-0.2, -0.15) is 0 Å². The van der Waals surface area contributed by atoms with Crippen LogP contribution in [0, 0.1) is 0 Å². The molecule has 3 rings (SSSR count). The van der Waals surface area contributed by atoms with Crippen LogP contribution in [0.5, 0.6) is 0 Å². The molecule has 1 nitrogen and oxygen atoms in total. The highest BCUT2D eigenvalue weighted by atomic mass is 35.5. The molecule has 0 unspecified atom stereocenters. The molecule has 0 spiro atoms. The van der Waals surface area contributed by atoms with E-state index >= 15 is 0 Å². The quantitative estimate of drug-likeness (QED) is 0.700. The first kappa shape index (κ1) is 9.52. The van der Waals surface area contributed by atoms with Crippen LogP contribution < -0.4 is 0 Å². The molecule has 1 aromatic rings. The van der Waals surface area contributed by atoms with Crippen molar-refractivity contribution in [3.63, 3.8) is 0 Å². The Labute approximate surface area is 101 Å². The van der Waals surface area contributed by atoms with Crippen LogP contribution in [0.2, 0.25) is 0 Å². The first-order chi connectivity index (χ1) is 7.20. The van der Waals surface area contributed by atoms with Gasteiger partial charge in [-0.15, -0.1) is 0 Å². The number of carbonyl (C=O) groups is 1. The van der Waals surface area contributed by atoms with E-state index in [0.717, 1.165) is 33.4 Å². The van der Waals surface area contributed by atoms with Gasteiger partial charge in [0.2, 0.25) is 5.12 Å². The van der Waals surface area contributed by atoms with Crippen molar-refractivity contribution in [3.05, 3.63) is 45.3 Å². The fourth-order valence-electron chi connectivity index (χ4n) is 1.80. The van der Waals surface area contributed by atoms with E-state index in [1.54, 1.807) is 0 Å². The number of allylic oxidation sites excluding steroid dienone is 1. The van der Waals surface area contributed by atoms with E-state index in [1.165, 1.54) is 0 Å². The molecule has 0 atom stereocenters. The highest BCUT2D eigenvalue weighted by molar-refractivity contribution is 8.18. The van der Waals surface area contributed by atoms with E-state index in [0.29, 0.717) is 5.03 Å². The Morgan fingerprint density at radius 1 is 1.00 bits per heavy atom. The van der Waals surface area contributed by atoms with Crippen molar-refractivity contribution in [3.8, 4) is 0 Å². The van der Waals surface area contributed by atoms with Crippen molar-refractivity contribution in [2.45, 2.75) is 0 Å². The second kappa shape index (κ2) is 3.14. The van der Waals surface area contributed by atoms with E-state index in [2.05, 4.69) is 0 Å². The fraction of sp³-hybridized carbons (Fsp3) is 0. The standard InChI is InChI=1S/C11H4Cl2OS/c12-8-6-4-2-1-3-5(6)7-9(13)11(14)15-10(7)8/h1-4H. The average molecular weight is 255 g/mol. The van der Waals surface area contributed by atoms with Crippen LogP contribution in [-0.2, 0) is 4.79 Å². The van der Waals surface area contributed by atoms with Gasteiger partial charge in [-0.3, -0.25) is 4.79 Å². The van der Waals surface area contributed by atoms with E-state index in [4.69, 9.17) is 23.2 Å². The molecular formula is C11H4Cl2OS. The summed E-state index contributed by atoms with van der Waals surface area (Å²) in [4.78, 5) is 12.2. The molecule has 0 fully saturated rings. The summed E-state index contributed by atoms with van der Waals surface area (Å²) in [6.07, 6.45) is 0. The SMILES string of the molecule is O=C1SC2=C(Cl)c3ccccc3C2=C1Cl. The largest absolute Gasteiger partial charge is 0.280 e. The first-order valence-corrected chi connectivity index (χ1v) is 5.89. The number of carbonyl (C=O) groups excluding carboxylic acids is 1. The van der Waals surface area contributed by atoms with Gasteiger partial charge in [-0.05, 0) is 17.3 Å². The minimum absolute atomic E-state index is 0.116. The summed E-state index contributed by atoms with van der Waals surface area (Å²) in [5.41, 5.74) is 2.72. The Hall–Kier alpha value is -0.700. The summed E-state index contributed by atoms with van der Waals surface area (Å²) in [5.74, 6) is 0. The maximum absolute atomic E-state index is 11.4. The van der Waals surface area contributed by atoms with Crippen molar-refractivity contribution in [1.82, 2.24) is 0 Å². The Balaban J connectivity index is 2.38. The average Bonchev–Trinajstić information content (AvgIpc) is 2.68. The zero-order valence-electron chi connectivity index (χ0n) is 7.38. The molecule has 15 heavy (non-hydrogen) atoms. The Bertz CT molecular complexity index is 557. The number of thioether (sulfide) groups is 1. The molecule has 0 aromatic heterocycles. The van der Waals surface area contributed by atoms with Crippen LogP contribution in [0.3, 0.4) is 0 Å². The molecular weight excluding hydrogens is 251 g/mol. The zero-order chi connectivity index (χ0) is 10.6. The summed E-state index contributed by atoms with van der Waals surface area (Å²) in [5, 5.41) is 0.807. The zero-order valence-corrected chi connectivity index (χ0v) is 9.71. The molecule has 0 N–H and O–H groups in total. The molecule has 1 aromatic carbocycles. The molecule has 0 saturated carbocycles. The number of hydrogen-bond acceptors (Lipinski definition) is 2. The summed E-state index contributed by atoms with van der Waals surface area (Å²) < 4.78 is 0. The Morgan fingerprint density at radius 3 is 2.40 bits per heavy atom. The third kappa shape index (κ3) is 1.16. The molecule has 4 heteroatoms. The lowest BCUT2D eigenvalue weighted by molar-refractivity contribution is -0.107. The number of halogens is 2. The van der Waals surface area contributed by atoms with Crippen molar-refractivity contribution in [2.24, 2.45) is 0 Å². The van der Waals surface area contributed by atoms with Gasteiger partial charge in [0, 0.05) is 16.0 Å². The second-order valence-electron chi connectivity index (χ2n) is 3.27. The van der Waals surface area contributed by atoms with Crippen LogP contribution in [0.25, 0.3) is 10.6 Å². The minimum atomic E-state index is -0.116. The molecule has 74 valence electrons. The Morgan fingerprint density at radius 2 is 1.67 bits per heavy atom. The van der Waals surface area contributed by atoms with Crippen LogP contribution in [0.1, 0.15) is 11.1 Å². The van der Waals surface area contributed by atoms with Crippen LogP contribution in [-0.4, -0.2) is 5.12 Å². The fourth-order valence-corrected chi connectivity index (χ4v) is 3.43. The molecule has 1 aliphatic carbocycles. The highest BCUT2D eigenvalue weighted by Crippen LogP contribution is 2.55. The van der Waals surface area contributed by atoms with Crippen molar-refractivity contribution in [1.29, 1.82) is 0 Å². The number of hydrogen-bond donors (Lipinski definition) is 0. The molecule has 0 bridgehead atoms.